The minimum atomic E-state index is 0.0584. The Kier molecular flexibility index (Phi) is 28.5. The number of ether oxygens (including phenoxy) is 1. The lowest BCUT2D eigenvalue weighted by Gasteiger charge is -2.36. The second-order valence-corrected chi connectivity index (χ2v) is 11.3. The van der Waals surface area contributed by atoms with Crippen molar-refractivity contribution in [3.05, 3.63) is 36.0 Å². The topological polar surface area (TPSA) is 59.8 Å². The highest BCUT2D eigenvalue weighted by molar-refractivity contribution is 8.03. The molecule has 5 nitrogen and oxygen atoms in total. The number of allylic oxidation sites excluding steroid dienone is 1. The third-order valence-electron chi connectivity index (χ3n) is 5.51. The lowest BCUT2D eigenvalue weighted by molar-refractivity contribution is -0.0780. The summed E-state index contributed by atoms with van der Waals surface area (Å²) in [6, 6.07) is 0. The first-order valence-corrected chi connectivity index (χ1v) is 14.9. The molecule has 0 spiro atoms. The fraction of sp³-hybridized carbons (Fsp3) is 0.800. The number of thioether (sulfide) groups is 1. The molecule has 0 saturated carbocycles. The summed E-state index contributed by atoms with van der Waals surface area (Å²) in [6.45, 7) is 29.2. The number of hydroxylamine groups is 2. The number of nitrogens with one attached hydrogen (secondary N) is 1. The summed E-state index contributed by atoms with van der Waals surface area (Å²) < 4.78 is 5.80. The van der Waals surface area contributed by atoms with Gasteiger partial charge in [0.15, 0.2) is 0 Å². The van der Waals surface area contributed by atoms with E-state index in [4.69, 9.17) is 15.3 Å². The van der Waals surface area contributed by atoms with Crippen molar-refractivity contribution < 1.29 is 9.57 Å². The van der Waals surface area contributed by atoms with Gasteiger partial charge in [0, 0.05) is 31.4 Å². The van der Waals surface area contributed by atoms with Gasteiger partial charge in [-0.3, -0.25) is 0 Å². The van der Waals surface area contributed by atoms with E-state index in [2.05, 4.69) is 60.0 Å². The van der Waals surface area contributed by atoms with Gasteiger partial charge in [0.25, 0.3) is 0 Å². The maximum Gasteiger partial charge on any atom is 0.150 e. The van der Waals surface area contributed by atoms with Gasteiger partial charge in [-0.25, -0.2) is 0 Å². The van der Waals surface area contributed by atoms with Crippen LogP contribution in [0.3, 0.4) is 0 Å². The van der Waals surface area contributed by atoms with Gasteiger partial charge < -0.3 is 20.6 Å². The molecule has 0 heterocycles. The molecular formula is C30H63N3O2S. The van der Waals surface area contributed by atoms with Gasteiger partial charge in [-0.15, -0.1) is 24.9 Å². The van der Waals surface area contributed by atoms with Gasteiger partial charge in [0.05, 0.1) is 24.7 Å². The maximum atomic E-state index is 6.15. The fourth-order valence-corrected chi connectivity index (χ4v) is 4.84. The molecule has 3 N–H and O–H groups in total. The average molecular weight is 530 g/mol. The molecule has 6 heteroatoms. The molecule has 0 amide bonds. The van der Waals surface area contributed by atoms with Crippen LogP contribution in [0.15, 0.2) is 36.0 Å². The van der Waals surface area contributed by atoms with E-state index in [-0.39, 0.29) is 10.8 Å². The Hall–Kier alpha value is -0.790. The first kappa shape index (κ1) is 39.7. The van der Waals surface area contributed by atoms with Crippen LogP contribution < -0.4 is 11.1 Å². The molecule has 0 aliphatic heterocycles. The number of nitrogens with two attached hydrogens (primary N) is 1. The van der Waals surface area contributed by atoms with Crippen LogP contribution in [0.5, 0.6) is 0 Å². The number of rotatable bonds is 19. The molecule has 36 heavy (non-hydrogen) atoms. The monoisotopic (exact) mass is 529 g/mol. The van der Waals surface area contributed by atoms with Crippen molar-refractivity contribution in [1.29, 1.82) is 0 Å². The molecule has 0 saturated heterocycles. The predicted octanol–water partition coefficient (Wildman–Crippen LogP) is 7.80. The first-order valence-electron chi connectivity index (χ1n) is 14.0. The van der Waals surface area contributed by atoms with Crippen molar-refractivity contribution in [2.45, 2.75) is 105 Å². The molecular weight excluding hydrogens is 466 g/mol. The highest BCUT2D eigenvalue weighted by Gasteiger charge is 2.29. The second-order valence-electron chi connectivity index (χ2n) is 9.79. The van der Waals surface area contributed by atoms with E-state index in [1.165, 1.54) is 19.3 Å². The van der Waals surface area contributed by atoms with Crippen LogP contribution in [0.25, 0.3) is 0 Å². The van der Waals surface area contributed by atoms with Crippen molar-refractivity contribution in [2.24, 2.45) is 17.6 Å². The SMILES string of the molecule is C=CC.C=CC(C)S/C(COCCN)=C(\CNC(C)(CC(C)CC)CC(C)CCC)ON(C)C.CC. The summed E-state index contributed by atoms with van der Waals surface area (Å²) in [5.74, 6) is 2.28. The van der Waals surface area contributed by atoms with Crippen molar-refractivity contribution >= 4 is 11.8 Å². The zero-order valence-corrected chi connectivity index (χ0v) is 26.7. The molecule has 0 fully saturated rings. The van der Waals surface area contributed by atoms with Gasteiger partial charge in [-0.1, -0.05) is 73.0 Å². The molecule has 0 aliphatic carbocycles. The van der Waals surface area contributed by atoms with Gasteiger partial charge in [-0.05, 0) is 45.4 Å². The fourth-order valence-electron chi connectivity index (χ4n) is 3.90. The highest BCUT2D eigenvalue weighted by atomic mass is 32.2. The molecule has 0 aromatic heterocycles. The maximum absolute atomic E-state index is 6.15. The van der Waals surface area contributed by atoms with E-state index in [0.717, 1.165) is 23.5 Å². The minimum Gasteiger partial charge on any atom is -0.409 e. The lowest BCUT2D eigenvalue weighted by atomic mass is 9.80. The average Bonchev–Trinajstić information content (AvgIpc) is 2.82. The molecule has 4 unspecified atom stereocenters. The van der Waals surface area contributed by atoms with E-state index in [9.17, 15) is 0 Å². The van der Waals surface area contributed by atoms with Crippen LogP contribution in [-0.4, -0.2) is 56.3 Å². The molecule has 0 bridgehead atoms. The van der Waals surface area contributed by atoms with E-state index < -0.39 is 0 Å². The second kappa shape index (κ2) is 25.8. The Morgan fingerprint density at radius 1 is 1.11 bits per heavy atom. The smallest absolute Gasteiger partial charge is 0.150 e. The van der Waals surface area contributed by atoms with Gasteiger partial charge >= 0.3 is 0 Å². The highest BCUT2D eigenvalue weighted by Crippen LogP contribution is 2.30. The van der Waals surface area contributed by atoms with Crippen LogP contribution in [0.4, 0.5) is 0 Å². The molecule has 0 aliphatic rings. The molecule has 0 aromatic rings. The van der Waals surface area contributed by atoms with E-state index in [1.807, 2.05) is 40.9 Å². The zero-order chi connectivity index (χ0) is 28.6. The van der Waals surface area contributed by atoms with Crippen LogP contribution in [0.1, 0.15) is 94.4 Å². The Morgan fingerprint density at radius 3 is 2.11 bits per heavy atom. The van der Waals surface area contributed by atoms with E-state index in [1.54, 1.807) is 22.9 Å². The zero-order valence-electron chi connectivity index (χ0n) is 25.9. The number of hydrogen-bond donors (Lipinski definition) is 2. The summed E-state index contributed by atoms with van der Waals surface area (Å²) in [4.78, 5) is 7.24. The van der Waals surface area contributed by atoms with E-state index in [0.29, 0.717) is 38.1 Å². The normalized spacial score (nSPS) is 15.7. The van der Waals surface area contributed by atoms with E-state index >= 15 is 0 Å². The molecule has 216 valence electrons. The third-order valence-corrected chi connectivity index (χ3v) is 6.71. The minimum absolute atomic E-state index is 0.0584. The molecule has 0 rings (SSSR count). The van der Waals surface area contributed by atoms with Gasteiger partial charge in [-0.2, -0.15) is 5.06 Å². The quantitative estimate of drug-likeness (QED) is 0.0770. The Morgan fingerprint density at radius 2 is 1.67 bits per heavy atom. The summed E-state index contributed by atoms with van der Waals surface area (Å²) in [6.07, 6.45) is 9.71. The standard InChI is InChI=1S/C25H51N3O2S.C3H6.C2H6/c1-10-13-21(5)17-25(7,16-20(4)11-2)27-18-23(30-28(8)9)24(19-29-15-14-26)31-22(6)12-3;1-3-2;1-2/h12,20-22,27H,3,10-11,13-19,26H2,1-2,4-9H3;3H,1H2,2H3;1-2H3/b24-23+;;. The van der Waals surface area contributed by atoms with Crippen molar-refractivity contribution in [2.75, 3.05) is 40.4 Å². The Bertz CT molecular complexity index is 554. The predicted molar refractivity (Wildman–Crippen MR) is 165 cm³/mol. The van der Waals surface area contributed by atoms with Gasteiger partial charge in [0.2, 0.25) is 0 Å². The van der Waals surface area contributed by atoms with Gasteiger partial charge in [0.1, 0.15) is 5.76 Å². The number of nitrogens with zero attached hydrogens (tertiary/aromatic N) is 1. The van der Waals surface area contributed by atoms with Crippen LogP contribution in [0.2, 0.25) is 0 Å². The van der Waals surface area contributed by atoms with Crippen molar-refractivity contribution in [3.63, 3.8) is 0 Å². The molecule has 0 aromatic carbocycles. The lowest BCUT2D eigenvalue weighted by Crippen LogP contribution is -2.46. The summed E-state index contributed by atoms with van der Waals surface area (Å²) in [7, 11) is 3.84. The third kappa shape index (κ3) is 22.4. The number of hydrogen-bond acceptors (Lipinski definition) is 6. The van der Waals surface area contributed by atoms with Crippen LogP contribution in [0, 0.1) is 11.8 Å². The summed E-state index contributed by atoms with van der Waals surface area (Å²) in [5.41, 5.74) is 5.69. The Labute approximate surface area is 230 Å². The summed E-state index contributed by atoms with van der Waals surface area (Å²) in [5, 5.41) is 5.92. The van der Waals surface area contributed by atoms with Crippen LogP contribution >= 0.6 is 11.8 Å². The molecule has 4 atom stereocenters. The largest absolute Gasteiger partial charge is 0.409 e. The molecule has 0 radical (unpaired) electrons. The van der Waals surface area contributed by atoms with Crippen molar-refractivity contribution in [3.8, 4) is 0 Å². The van der Waals surface area contributed by atoms with Crippen molar-refractivity contribution in [1.82, 2.24) is 10.4 Å². The summed E-state index contributed by atoms with van der Waals surface area (Å²) >= 11 is 1.74. The first-order chi connectivity index (χ1) is 17.0. The Balaban J connectivity index is -0.00000201. The van der Waals surface area contributed by atoms with Crippen LogP contribution in [-0.2, 0) is 9.57 Å².